The third kappa shape index (κ3) is 6.02. The first-order valence-corrected chi connectivity index (χ1v) is 8.55. The molecule has 1 aliphatic rings. The summed E-state index contributed by atoms with van der Waals surface area (Å²) in [5.41, 5.74) is 0.559. The van der Waals surface area contributed by atoms with Crippen LogP contribution >= 0.6 is 0 Å². The first-order chi connectivity index (χ1) is 12.3. The average molecular weight is 364 g/mol. The van der Waals surface area contributed by atoms with Crippen LogP contribution in [0.3, 0.4) is 0 Å². The number of carbonyl (C=O) groups excluding carboxylic acids is 1. The average Bonchev–Trinajstić information content (AvgIpc) is 3.03. The van der Waals surface area contributed by atoms with Gasteiger partial charge in [0.25, 0.3) is 0 Å². The van der Waals surface area contributed by atoms with Crippen LogP contribution in [-0.2, 0) is 11.3 Å². The van der Waals surface area contributed by atoms with Crippen LogP contribution in [0.1, 0.15) is 26.3 Å². The number of nitrogens with zero attached hydrogens (tertiary/aromatic N) is 2. The molecule has 0 radical (unpaired) electrons. The van der Waals surface area contributed by atoms with Crippen molar-refractivity contribution in [2.75, 3.05) is 34.0 Å². The van der Waals surface area contributed by atoms with E-state index >= 15 is 0 Å². The molecule has 0 bridgehead atoms. The lowest BCUT2D eigenvalue weighted by Crippen LogP contribution is -2.42. The highest BCUT2D eigenvalue weighted by Crippen LogP contribution is 2.32. The molecule has 2 N–H and O–H groups in total. The molecule has 144 valence electrons. The van der Waals surface area contributed by atoms with E-state index in [1.165, 1.54) is 4.90 Å². The Morgan fingerprint density at radius 2 is 2.00 bits per heavy atom. The number of hydrogen-bond donors (Lipinski definition) is 2. The Kier molecular flexibility index (Phi) is 6.54. The summed E-state index contributed by atoms with van der Waals surface area (Å²) >= 11 is 0. The van der Waals surface area contributed by atoms with Crippen molar-refractivity contribution >= 4 is 12.1 Å². The second-order valence-electron chi connectivity index (χ2n) is 6.94. The lowest BCUT2D eigenvalue weighted by molar-refractivity contribution is 0.0302. The van der Waals surface area contributed by atoms with Gasteiger partial charge in [-0.3, -0.25) is 4.99 Å². The predicted octanol–water partition coefficient (Wildman–Crippen LogP) is 1.95. The van der Waals surface area contributed by atoms with E-state index in [9.17, 15) is 4.79 Å². The monoisotopic (exact) mass is 364 g/mol. The third-order valence-corrected chi connectivity index (χ3v) is 3.57. The second kappa shape index (κ2) is 8.64. The molecule has 1 aromatic rings. The highest BCUT2D eigenvalue weighted by molar-refractivity contribution is 5.79. The van der Waals surface area contributed by atoms with E-state index in [0.29, 0.717) is 25.6 Å². The number of ether oxygens (including phenoxy) is 3. The lowest BCUT2D eigenvalue weighted by Gasteiger charge is -2.24. The van der Waals surface area contributed by atoms with Crippen molar-refractivity contribution in [3.63, 3.8) is 0 Å². The van der Waals surface area contributed by atoms with Gasteiger partial charge in [0.15, 0.2) is 17.5 Å². The molecule has 0 atom stereocenters. The maximum absolute atomic E-state index is 11.9. The van der Waals surface area contributed by atoms with Crippen molar-refractivity contribution in [3.8, 4) is 11.5 Å². The van der Waals surface area contributed by atoms with Crippen LogP contribution in [-0.4, -0.2) is 56.5 Å². The van der Waals surface area contributed by atoms with E-state index in [-0.39, 0.29) is 12.9 Å². The van der Waals surface area contributed by atoms with Crippen LogP contribution in [0.15, 0.2) is 23.2 Å². The Hall–Kier alpha value is -2.64. The third-order valence-electron chi connectivity index (χ3n) is 3.57. The summed E-state index contributed by atoms with van der Waals surface area (Å²) in [6.07, 6.45) is -0.345. The van der Waals surface area contributed by atoms with Gasteiger partial charge in [0.1, 0.15) is 5.60 Å². The number of benzene rings is 1. The van der Waals surface area contributed by atoms with Crippen molar-refractivity contribution < 1.29 is 19.0 Å². The molecule has 8 nitrogen and oxygen atoms in total. The second-order valence-corrected chi connectivity index (χ2v) is 6.94. The van der Waals surface area contributed by atoms with Crippen molar-refractivity contribution in [2.24, 2.45) is 4.99 Å². The molecule has 1 amide bonds. The molecule has 0 spiro atoms. The molecule has 0 aliphatic carbocycles. The van der Waals surface area contributed by atoms with Gasteiger partial charge in [-0.15, -0.1) is 0 Å². The van der Waals surface area contributed by atoms with E-state index in [1.807, 2.05) is 39.0 Å². The van der Waals surface area contributed by atoms with Gasteiger partial charge >= 0.3 is 6.09 Å². The zero-order valence-electron chi connectivity index (χ0n) is 16.1. The number of amides is 1. The van der Waals surface area contributed by atoms with Crippen molar-refractivity contribution in [3.05, 3.63) is 23.8 Å². The van der Waals surface area contributed by atoms with Crippen LogP contribution in [0.25, 0.3) is 0 Å². The minimum absolute atomic E-state index is 0.264. The highest BCUT2D eigenvalue weighted by atomic mass is 16.7. The molecule has 0 saturated heterocycles. The van der Waals surface area contributed by atoms with Crippen LogP contribution in [0.2, 0.25) is 0 Å². The molecule has 1 aromatic carbocycles. The number of nitrogens with one attached hydrogen (secondary N) is 2. The highest BCUT2D eigenvalue weighted by Gasteiger charge is 2.19. The van der Waals surface area contributed by atoms with Gasteiger partial charge < -0.3 is 29.7 Å². The zero-order chi connectivity index (χ0) is 19.2. The fourth-order valence-electron chi connectivity index (χ4n) is 2.23. The number of likely N-dealkylation sites (N-methyl/N-ethyl adjacent to an activating group) is 1. The smallest absolute Gasteiger partial charge is 0.410 e. The van der Waals surface area contributed by atoms with Gasteiger partial charge in [0.2, 0.25) is 6.79 Å². The first-order valence-electron chi connectivity index (χ1n) is 8.55. The number of rotatable bonds is 5. The molecule has 0 unspecified atom stereocenters. The number of carbonyl (C=O) groups is 1. The summed E-state index contributed by atoms with van der Waals surface area (Å²) in [5, 5.41) is 6.40. The maximum atomic E-state index is 11.9. The normalized spacial score (nSPS) is 13.3. The molecular formula is C18H28N4O4. The van der Waals surface area contributed by atoms with Crippen LogP contribution in [0.4, 0.5) is 4.79 Å². The van der Waals surface area contributed by atoms with Gasteiger partial charge in [-0.05, 0) is 38.5 Å². The summed E-state index contributed by atoms with van der Waals surface area (Å²) in [5.74, 6) is 2.17. The van der Waals surface area contributed by atoms with E-state index < -0.39 is 5.60 Å². The summed E-state index contributed by atoms with van der Waals surface area (Å²) < 4.78 is 16.0. The minimum Gasteiger partial charge on any atom is -0.454 e. The molecule has 26 heavy (non-hydrogen) atoms. The summed E-state index contributed by atoms with van der Waals surface area (Å²) in [6, 6.07) is 5.81. The Bertz CT molecular complexity index is 655. The Morgan fingerprint density at radius 1 is 1.27 bits per heavy atom. The van der Waals surface area contributed by atoms with E-state index in [0.717, 1.165) is 17.1 Å². The van der Waals surface area contributed by atoms with Gasteiger partial charge in [-0.1, -0.05) is 6.07 Å². The standard InChI is InChI=1S/C18H28N4O4/c1-18(2,3)26-17(23)22(5)9-8-20-16(19-4)21-11-13-6-7-14-15(10-13)25-12-24-14/h6-7,10H,8-9,11-12H2,1-5H3,(H2,19,20,21). The summed E-state index contributed by atoms with van der Waals surface area (Å²) in [7, 11) is 3.41. The number of hydrogen-bond acceptors (Lipinski definition) is 5. The van der Waals surface area contributed by atoms with E-state index in [1.54, 1.807) is 14.1 Å². The van der Waals surface area contributed by atoms with Gasteiger partial charge in [-0.2, -0.15) is 0 Å². The van der Waals surface area contributed by atoms with E-state index in [4.69, 9.17) is 14.2 Å². The van der Waals surface area contributed by atoms with E-state index in [2.05, 4.69) is 15.6 Å². The van der Waals surface area contributed by atoms with Crippen LogP contribution < -0.4 is 20.1 Å². The topological polar surface area (TPSA) is 84.4 Å². The van der Waals surface area contributed by atoms with Crippen LogP contribution in [0.5, 0.6) is 11.5 Å². The minimum atomic E-state index is -0.499. The fourth-order valence-corrected chi connectivity index (χ4v) is 2.23. The SMILES string of the molecule is CN=C(NCCN(C)C(=O)OC(C)(C)C)NCc1ccc2c(c1)OCO2. The molecule has 0 fully saturated rings. The Labute approximate surface area is 154 Å². The molecule has 1 heterocycles. The Balaban J connectivity index is 1.73. The largest absolute Gasteiger partial charge is 0.454 e. The summed E-state index contributed by atoms with van der Waals surface area (Å²) in [4.78, 5) is 17.6. The van der Waals surface area contributed by atoms with Gasteiger partial charge in [-0.25, -0.2) is 4.79 Å². The fraction of sp³-hybridized carbons (Fsp3) is 0.556. The molecule has 2 rings (SSSR count). The first kappa shape index (κ1) is 19.7. The maximum Gasteiger partial charge on any atom is 0.410 e. The molecule has 0 saturated carbocycles. The molecule has 1 aliphatic heterocycles. The van der Waals surface area contributed by atoms with Crippen molar-refractivity contribution in [2.45, 2.75) is 32.9 Å². The molecule has 8 heteroatoms. The number of guanidine groups is 1. The zero-order valence-corrected chi connectivity index (χ0v) is 16.1. The van der Waals surface area contributed by atoms with Gasteiger partial charge in [0.05, 0.1) is 0 Å². The van der Waals surface area contributed by atoms with Crippen molar-refractivity contribution in [1.82, 2.24) is 15.5 Å². The van der Waals surface area contributed by atoms with Crippen LogP contribution in [0, 0.1) is 0 Å². The van der Waals surface area contributed by atoms with Gasteiger partial charge in [0, 0.05) is 33.7 Å². The molecular weight excluding hydrogens is 336 g/mol. The number of aliphatic imine (C=N–C) groups is 1. The van der Waals surface area contributed by atoms with Crippen molar-refractivity contribution in [1.29, 1.82) is 0 Å². The molecule has 0 aromatic heterocycles. The summed E-state index contributed by atoms with van der Waals surface area (Å²) in [6.45, 7) is 7.45. The lowest BCUT2D eigenvalue weighted by atomic mass is 10.2. The Morgan fingerprint density at radius 3 is 2.69 bits per heavy atom. The predicted molar refractivity (Wildman–Crippen MR) is 99.6 cm³/mol. The number of fused-ring (bicyclic) bond motifs is 1. The quantitative estimate of drug-likeness (QED) is 0.614.